The first-order valence-electron chi connectivity index (χ1n) is 8.09. The maximum Gasteiger partial charge on any atom is 0.192 e. The molecule has 0 aliphatic heterocycles. The molecule has 0 unspecified atom stereocenters. The van der Waals surface area contributed by atoms with Gasteiger partial charge in [-0.25, -0.2) is 15.0 Å². The fourth-order valence-corrected chi connectivity index (χ4v) is 2.89. The Morgan fingerprint density at radius 2 is 0.885 bits per heavy atom. The number of nitrogens with zero attached hydrogens (tertiary/aromatic N) is 3. The minimum Gasteiger partial charge on any atom is -0.428 e. The van der Waals surface area contributed by atoms with Crippen LogP contribution < -0.4 is 3.07 Å². The number of aromatic nitrogens is 3. The van der Waals surface area contributed by atoms with Crippen LogP contribution in [0.15, 0.2) is 84.9 Å². The van der Waals surface area contributed by atoms with E-state index in [0.717, 1.165) is 22.4 Å². The summed E-state index contributed by atoms with van der Waals surface area (Å²) in [6.45, 7) is 0. The van der Waals surface area contributed by atoms with Crippen molar-refractivity contribution in [3.63, 3.8) is 0 Å². The summed E-state index contributed by atoms with van der Waals surface area (Å²) in [6.07, 6.45) is 0. The van der Waals surface area contributed by atoms with Crippen molar-refractivity contribution in [2.45, 2.75) is 0 Å². The number of hydrogen-bond acceptors (Lipinski definition) is 4. The van der Waals surface area contributed by atoms with E-state index in [1.807, 2.05) is 108 Å². The number of benzene rings is 3. The lowest BCUT2D eigenvalue weighted by Crippen LogP contribution is -1.99. The van der Waals surface area contributed by atoms with Crippen molar-refractivity contribution >= 4 is 23.0 Å². The van der Waals surface area contributed by atoms with E-state index in [1.165, 1.54) is 0 Å². The van der Waals surface area contributed by atoms with Gasteiger partial charge in [0.1, 0.15) is 5.75 Å². The van der Waals surface area contributed by atoms with Crippen LogP contribution in [-0.4, -0.2) is 15.0 Å². The maximum atomic E-state index is 5.21. The molecule has 0 aliphatic carbocycles. The molecule has 0 spiro atoms. The maximum absolute atomic E-state index is 5.21. The van der Waals surface area contributed by atoms with Crippen LogP contribution in [0.2, 0.25) is 0 Å². The van der Waals surface area contributed by atoms with Gasteiger partial charge in [0, 0.05) is 16.7 Å². The largest absolute Gasteiger partial charge is 0.428 e. The molecule has 1 aromatic heterocycles. The van der Waals surface area contributed by atoms with Gasteiger partial charge in [0.25, 0.3) is 0 Å². The minimum absolute atomic E-state index is 0.637. The lowest BCUT2D eigenvalue weighted by atomic mass is 10.1. The van der Waals surface area contributed by atoms with Crippen molar-refractivity contribution in [3.05, 3.63) is 84.9 Å². The van der Waals surface area contributed by atoms with Crippen LogP contribution >= 0.6 is 23.0 Å². The Kier molecular flexibility index (Phi) is 4.88. The first-order valence-corrected chi connectivity index (χ1v) is 8.97. The first kappa shape index (κ1) is 16.7. The van der Waals surface area contributed by atoms with Crippen molar-refractivity contribution in [1.82, 2.24) is 15.0 Å². The average Bonchev–Trinajstić information content (AvgIpc) is 2.75. The van der Waals surface area contributed by atoms with Crippen LogP contribution in [0.25, 0.3) is 34.2 Å². The summed E-state index contributed by atoms with van der Waals surface area (Å²) in [5, 5.41) is 0. The molecule has 0 amide bonds. The molecule has 0 bridgehead atoms. The zero-order valence-electron chi connectivity index (χ0n) is 13.7. The van der Waals surface area contributed by atoms with Gasteiger partial charge in [0.15, 0.2) is 40.5 Å². The highest BCUT2D eigenvalue weighted by molar-refractivity contribution is 14.1. The first-order chi connectivity index (χ1) is 12.8. The van der Waals surface area contributed by atoms with E-state index in [1.54, 1.807) is 0 Å². The molecule has 4 aromatic rings. The third-order valence-corrected chi connectivity index (χ3v) is 4.41. The zero-order valence-corrected chi connectivity index (χ0v) is 15.9. The van der Waals surface area contributed by atoms with Crippen molar-refractivity contribution in [1.29, 1.82) is 0 Å². The Bertz CT molecular complexity index is 949. The third kappa shape index (κ3) is 3.57. The summed E-state index contributed by atoms with van der Waals surface area (Å²) in [7, 11) is 0. The van der Waals surface area contributed by atoms with Crippen LogP contribution in [0.4, 0.5) is 0 Å². The van der Waals surface area contributed by atoms with Crippen LogP contribution in [-0.2, 0) is 0 Å². The molecule has 0 aliphatic rings. The van der Waals surface area contributed by atoms with E-state index in [-0.39, 0.29) is 0 Å². The summed E-state index contributed by atoms with van der Waals surface area (Å²) >= 11 is 1.86. The lowest BCUT2D eigenvalue weighted by molar-refractivity contribution is 0.717. The van der Waals surface area contributed by atoms with E-state index in [9.17, 15) is 0 Å². The highest BCUT2D eigenvalue weighted by Crippen LogP contribution is 2.26. The highest BCUT2D eigenvalue weighted by Gasteiger charge is 2.11. The fraction of sp³-hybridized carbons (Fsp3) is 0. The van der Waals surface area contributed by atoms with E-state index in [4.69, 9.17) is 3.07 Å². The molecule has 0 radical (unpaired) electrons. The average molecular weight is 451 g/mol. The second-order valence-electron chi connectivity index (χ2n) is 5.64. The molecular weight excluding hydrogens is 437 g/mol. The third-order valence-electron chi connectivity index (χ3n) is 3.90. The highest BCUT2D eigenvalue weighted by atomic mass is 127. The molecule has 0 N–H and O–H groups in total. The SMILES string of the molecule is IOc1ccc(-c2nc(-c3ccccc3)nc(-c3ccccc3)n2)cc1. The van der Waals surface area contributed by atoms with E-state index in [0.29, 0.717) is 17.5 Å². The topological polar surface area (TPSA) is 47.9 Å². The van der Waals surface area contributed by atoms with Crippen molar-refractivity contribution in [3.8, 4) is 39.9 Å². The van der Waals surface area contributed by atoms with Crippen molar-refractivity contribution in [2.75, 3.05) is 0 Å². The van der Waals surface area contributed by atoms with Gasteiger partial charge < -0.3 is 3.07 Å². The standard InChI is InChI=1S/C21H14IN3O/c22-26-18-13-11-17(12-14-18)21-24-19(15-7-3-1-4-8-15)23-20(25-21)16-9-5-2-6-10-16/h1-14H. The van der Waals surface area contributed by atoms with Crippen LogP contribution in [0, 0.1) is 0 Å². The summed E-state index contributed by atoms with van der Waals surface area (Å²) in [5.74, 6) is 2.74. The lowest BCUT2D eigenvalue weighted by Gasteiger charge is -2.08. The monoisotopic (exact) mass is 451 g/mol. The second kappa shape index (κ2) is 7.61. The molecule has 4 rings (SSSR count). The molecule has 1 heterocycles. The van der Waals surface area contributed by atoms with E-state index < -0.39 is 0 Å². The molecular formula is C21H14IN3O. The Balaban J connectivity index is 1.87. The molecule has 0 atom stereocenters. The summed E-state index contributed by atoms with van der Waals surface area (Å²) < 4.78 is 5.21. The van der Waals surface area contributed by atoms with Gasteiger partial charge in [-0.15, -0.1) is 0 Å². The van der Waals surface area contributed by atoms with Crippen LogP contribution in [0.5, 0.6) is 5.75 Å². The molecule has 4 nitrogen and oxygen atoms in total. The van der Waals surface area contributed by atoms with Gasteiger partial charge in [-0.05, 0) is 24.3 Å². The molecule has 0 saturated heterocycles. The molecule has 0 fully saturated rings. The van der Waals surface area contributed by atoms with Crippen molar-refractivity contribution < 1.29 is 3.07 Å². The molecule has 3 aromatic carbocycles. The van der Waals surface area contributed by atoms with Crippen LogP contribution in [0.1, 0.15) is 0 Å². The number of rotatable bonds is 4. The fourth-order valence-electron chi connectivity index (χ4n) is 2.59. The number of hydrogen-bond donors (Lipinski definition) is 0. The van der Waals surface area contributed by atoms with Gasteiger partial charge in [0.05, 0.1) is 0 Å². The van der Waals surface area contributed by atoms with Gasteiger partial charge in [-0.2, -0.15) is 0 Å². The Labute approximate surface area is 165 Å². The predicted octanol–water partition coefficient (Wildman–Crippen LogP) is 5.60. The molecule has 126 valence electrons. The second-order valence-corrected chi connectivity index (χ2v) is 6.08. The summed E-state index contributed by atoms with van der Waals surface area (Å²) in [5.41, 5.74) is 2.83. The summed E-state index contributed by atoms with van der Waals surface area (Å²) in [6, 6.07) is 27.6. The molecule has 0 saturated carbocycles. The van der Waals surface area contributed by atoms with Gasteiger partial charge >= 0.3 is 0 Å². The Morgan fingerprint density at radius 1 is 0.500 bits per heavy atom. The molecule has 5 heteroatoms. The normalized spacial score (nSPS) is 10.5. The quantitative estimate of drug-likeness (QED) is 0.379. The van der Waals surface area contributed by atoms with Crippen LogP contribution in [0.3, 0.4) is 0 Å². The zero-order chi connectivity index (χ0) is 17.8. The Hall–Kier alpha value is -2.80. The van der Waals surface area contributed by atoms with Gasteiger partial charge in [0.2, 0.25) is 0 Å². The summed E-state index contributed by atoms with van der Waals surface area (Å²) in [4.78, 5) is 14.1. The smallest absolute Gasteiger partial charge is 0.192 e. The van der Waals surface area contributed by atoms with Crippen molar-refractivity contribution in [2.24, 2.45) is 0 Å². The van der Waals surface area contributed by atoms with Gasteiger partial charge in [-0.1, -0.05) is 60.7 Å². The molecule has 26 heavy (non-hydrogen) atoms. The number of halogens is 1. The predicted molar refractivity (Wildman–Crippen MR) is 111 cm³/mol. The van der Waals surface area contributed by atoms with E-state index >= 15 is 0 Å². The van der Waals surface area contributed by atoms with E-state index in [2.05, 4.69) is 15.0 Å². The van der Waals surface area contributed by atoms with Gasteiger partial charge in [-0.3, -0.25) is 0 Å². The minimum atomic E-state index is 0.637. The Morgan fingerprint density at radius 3 is 1.27 bits per heavy atom.